The van der Waals surface area contributed by atoms with E-state index in [-0.39, 0.29) is 11.6 Å². The van der Waals surface area contributed by atoms with E-state index >= 15 is 0 Å². The first-order chi connectivity index (χ1) is 8.13. The van der Waals surface area contributed by atoms with Gasteiger partial charge in [-0.2, -0.15) is 5.06 Å². The number of fused-ring (bicyclic) bond motifs is 1. The third-order valence-electron chi connectivity index (χ3n) is 2.74. The van der Waals surface area contributed by atoms with Gasteiger partial charge in [0, 0.05) is 18.6 Å². The highest BCUT2D eigenvalue weighted by Gasteiger charge is 2.23. The third kappa shape index (κ3) is 2.12. The zero-order valence-electron chi connectivity index (χ0n) is 9.38. The fourth-order valence-corrected chi connectivity index (χ4v) is 1.95. The zero-order chi connectivity index (χ0) is 12.4. The zero-order valence-corrected chi connectivity index (χ0v) is 9.38. The molecule has 90 valence electrons. The van der Waals surface area contributed by atoms with E-state index in [1.54, 1.807) is 6.07 Å². The Kier molecular flexibility index (Phi) is 3.06. The van der Waals surface area contributed by atoms with Crippen LogP contribution in [0.3, 0.4) is 0 Å². The molecule has 1 aromatic rings. The Bertz CT molecular complexity index is 473. The fraction of sp³-hybridized carbons (Fsp3) is 0.364. The van der Waals surface area contributed by atoms with Crippen molar-refractivity contribution in [1.82, 2.24) is 0 Å². The summed E-state index contributed by atoms with van der Waals surface area (Å²) in [5, 5.41) is 11.9. The van der Waals surface area contributed by atoms with Gasteiger partial charge in [0.15, 0.2) is 0 Å². The van der Waals surface area contributed by atoms with E-state index in [1.807, 2.05) is 0 Å². The quantitative estimate of drug-likeness (QED) is 0.580. The van der Waals surface area contributed by atoms with Gasteiger partial charge in [-0.1, -0.05) is 0 Å². The summed E-state index contributed by atoms with van der Waals surface area (Å²) in [6.45, 7) is 0. The highest BCUT2D eigenvalue weighted by Crippen LogP contribution is 2.30. The molecule has 0 unspecified atom stereocenters. The van der Waals surface area contributed by atoms with Gasteiger partial charge in [0.2, 0.25) is 0 Å². The minimum Gasteiger partial charge on any atom is -0.272 e. The van der Waals surface area contributed by atoms with Crippen LogP contribution in [0.2, 0.25) is 0 Å². The third-order valence-corrected chi connectivity index (χ3v) is 2.74. The van der Waals surface area contributed by atoms with Crippen LogP contribution in [0.15, 0.2) is 18.2 Å². The van der Waals surface area contributed by atoms with Gasteiger partial charge in [-0.15, -0.1) is 0 Å². The highest BCUT2D eigenvalue weighted by atomic mass is 16.7. The molecule has 6 heteroatoms. The second kappa shape index (κ2) is 4.50. The summed E-state index contributed by atoms with van der Waals surface area (Å²) in [5.41, 5.74) is 1.40. The molecule has 1 heterocycles. The standard InChI is InChI=1S/C11H12N2O4/c1-17-12-10-6-5-9(13(15)16)7-8(10)3-2-4-11(12)14/h5-7H,2-4H2,1H3. The number of non-ortho nitro benzene ring substituents is 1. The fourth-order valence-electron chi connectivity index (χ4n) is 1.95. The van der Waals surface area contributed by atoms with Crippen LogP contribution >= 0.6 is 0 Å². The Morgan fingerprint density at radius 1 is 1.41 bits per heavy atom. The molecule has 0 fully saturated rings. The molecule has 0 bridgehead atoms. The number of carbonyl (C=O) groups is 1. The lowest BCUT2D eigenvalue weighted by Gasteiger charge is -2.19. The molecule has 0 N–H and O–H groups in total. The van der Waals surface area contributed by atoms with Crippen molar-refractivity contribution in [2.24, 2.45) is 0 Å². The summed E-state index contributed by atoms with van der Waals surface area (Å²) in [7, 11) is 1.41. The molecule has 17 heavy (non-hydrogen) atoms. The Balaban J connectivity index is 2.47. The first kappa shape index (κ1) is 11.5. The molecule has 2 rings (SSSR count). The summed E-state index contributed by atoms with van der Waals surface area (Å²) in [6, 6.07) is 4.43. The number of hydrogen-bond donors (Lipinski definition) is 0. The van der Waals surface area contributed by atoms with Crippen LogP contribution in [0.1, 0.15) is 18.4 Å². The summed E-state index contributed by atoms with van der Waals surface area (Å²) >= 11 is 0. The molecule has 0 radical (unpaired) electrons. The normalized spacial score (nSPS) is 15.4. The van der Waals surface area contributed by atoms with Gasteiger partial charge in [-0.3, -0.25) is 19.7 Å². The average molecular weight is 236 g/mol. The van der Waals surface area contributed by atoms with Gasteiger partial charge in [0.05, 0.1) is 17.7 Å². The maximum absolute atomic E-state index is 11.7. The van der Waals surface area contributed by atoms with E-state index in [2.05, 4.69) is 0 Å². The molecule has 0 saturated heterocycles. The Morgan fingerprint density at radius 2 is 2.18 bits per heavy atom. The van der Waals surface area contributed by atoms with Crippen molar-refractivity contribution in [3.63, 3.8) is 0 Å². The van der Waals surface area contributed by atoms with Crippen molar-refractivity contribution in [3.8, 4) is 0 Å². The lowest BCUT2D eigenvalue weighted by atomic mass is 10.1. The Hall–Kier alpha value is -1.95. The van der Waals surface area contributed by atoms with Gasteiger partial charge in [0.25, 0.3) is 11.6 Å². The van der Waals surface area contributed by atoms with E-state index in [9.17, 15) is 14.9 Å². The van der Waals surface area contributed by atoms with Crippen LogP contribution in [-0.2, 0) is 16.1 Å². The number of hydroxylamine groups is 1. The first-order valence-corrected chi connectivity index (χ1v) is 5.28. The molecule has 0 aliphatic carbocycles. The molecule has 1 amide bonds. The average Bonchev–Trinajstić information content (AvgIpc) is 2.46. The number of nitro groups is 1. The number of nitro benzene ring substituents is 1. The highest BCUT2D eigenvalue weighted by molar-refractivity contribution is 5.93. The molecule has 1 aromatic carbocycles. The molecule has 0 spiro atoms. The minimum atomic E-state index is -0.440. The minimum absolute atomic E-state index is 0.0363. The number of rotatable bonds is 2. The predicted molar refractivity (Wildman–Crippen MR) is 60.5 cm³/mol. The van der Waals surface area contributed by atoms with E-state index in [0.29, 0.717) is 24.9 Å². The van der Waals surface area contributed by atoms with E-state index in [1.165, 1.54) is 24.3 Å². The topological polar surface area (TPSA) is 72.7 Å². The SMILES string of the molecule is CON1C(=O)CCCc2cc([N+](=O)[O-])ccc21. The smallest absolute Gasteiger partial charge is 0.269 e. The molecule has 1 aliphatic heterocycles. The van der Waals surface area contributed by atoms with Crippen molar-refractivity contribution in [1.29, 1.82) is 0 Å². The number of aryl methyl sites for hydroxylation is 1. The van der Waals surface area contributed by atoms with E-state index in [0.717, 1.165) is 5.56 Å². The van der Waals surface area contributed by atoms with Gasteiger partial charge in [-0.05, 0) is 24.5 Å². The van der Waals surface area contributed by atoms with Crippen molar-refractivity contribution in [3.05, 3.63) is 33.9 Å². The number of anilines is 1. The molecule has 0 atom stereocenters. The molecule has 1 aliphatic rings. The van der Waals surface area contributed by atoms with E-state index < -0.39 is 4.92 Å². The number of hydrogen-bond acceptors (Lipinski definition) is 4. The second-order valence-electron chi connectivity index (χ2n) is 3.79. The largest absolute Gasteiger partial charge is 0.272 e. The Labute approximate surface area is 97.9 Å². The number of carbonyl (C=O) groups excluding carboxylic acids is 1. The van der Waals surface area contributed by atoms with Crippen LogP contribution in [0.5, 0.6) is 0 Å². The molecular formula is C11H12N2O4. The van der Waals surface area contributed by atoms with Gasteiger partial charge in [0.1, 0.15) is 0 Å². The number of nitrogens with zero attached hydrogens (tertiary/aromatic N) is 2. The van der Waals surface area contributed by atoms with Gasteiger partial charge < -0.3 is 0 Å². The molecule has 0 aromatic heterocycles. The molecule has 0 saturated carbocycles. The van der Waals surface area contributed by atoms with Crippen LogP contribution in [0, 0.1) is 10.1 Å². The monoisotopic (exact) mass is 236 g/mol. The van der Waals surface area contributed by atoms with Crippen molar-refractivity contribution in [2.75, 3.05) is 12.2 Å². The van der Waals surface area contributed by atoms with Crippen LogP contribution in [-0.4, -0.2) is 17.9 Å². The van der Waals surface area contributed by atoms with Crippen LogP contribution < -0.4 is 5.06 Å². The number of benzene rings is 1. The summed E-state index contributed by atoms with van der Waals surface area (Å²) in [5.74, 6) is -0.125. The van der Waals surface area contributed by atoms with E-state index in [4.69, 9.17) is 4.84 Å². The summed E-state index contributed by atoms with van der Waals surface area (Å²) in [4.78, 5) is 27.0. The van der Waals surface area contributed by atoms with Crippen LogP contribution in [0.4, 0.5) is 11.4 Å². The van der Waals surface area contributed by atoms with Gasteiger partial charge in [-0.25, -0.2) is 0 Å². The van der Waals surface area contributed by atoms with Crippen molar-refractivity contribution < 1.29 is 14.6 Å². The van der Waals surface area contributed by atoms with Crippen molar-refractivity contribution in [2.45, 2.75) is 19.3 Å². The lowest BCUT2D eigenvalue weighted by molar-refractivity contribution is -0.384. The summed E-state index contributed by atoms with van der Waals surface area (Å²) < 4.78 is 0. The maximum atomic E-state index is 11.7. The first-order valence-electron chi connectivity index (χ1n) is 5.28. The second-order valence-corrected chi connectivity index (χ2v) is 3.79. The predicted octanol–water partition coefficient (Wildman–Crippen LogP) is 1.83. The summed E-state index contributed by atoms with van der Waals surface area (Å²) in [6.07, 6.45) is 1.70. The van der Waals surface area contributed by atoms with Gasteiger partial charge >= 0.3 is 0 Å². The van der Waals surface area contributed by atoms with Crippen molar-refractivity contribution >= 4 is 17.3 Å². The number of amides is 1. The maximum Gasteiger partial charge on any atom is 0.269 e. The molecule has 6 nitrogen and oxygen atoms in total. The Morgan fingerprint density at radius 3 is 2.82 bits per heavy atom. The lowest BCUT2D eigenvalue weighted by Crippen LogP contribution is -2.28. The van der Waals surface area contributed by atoms with Crippen LogP contribution in [0.25, 0.3) is 0 Å². The molecular weight excluding hydrogens is 224 g/mol.